The van der Waals surface area contributed by atoms with Crippen molar-refractivity contribution < 1.29 is 38.4 Å². The van der Waals surface area contributed by atoms with Crippen LogP contribution >= 0.6 is 11.8 Å². The van der Waals surface area contributed by atoms with E-state index in [1.54, 1.807) is 0 Å². The van der Waals surface area contributed by atoms with Gasteiger partial charge in [-0.25, -0.2) is 4.79 Å². The molecule has 3 N–H and O–H groups in total. The molecule has 0 saturated carbocycles. The number of hydrogen-bond acceptors (Lipinski definition) is 9. The highest BCUT2D eigenvalue weighted by Gasteiger charge is 2.32. The minimum Gasteiger partial charge on any atom is -0.346 e. The van der Waals surface area contributed by atoms with Gasteiger partial charge in [0, 0.05) is 19.8 Å². The number of hydroxylamine groups is 2. The second-order valence-corrected chi connectivity index (χ2v) is 7.01. The number of carbonyl (C=O) groups is 7. The summed E-state index contributed by atoms with van der Waals surface area (Å²) in [5, 5.41) is 6.72. The van der Waals surface area contributed by atoms with Crippen LogP contribution in [0.3, 0.4) is 0 Å². The fourth-order valence-electron chi connectivity index (χ4n) is 1.66. The monoisotopic (exact) mass is 446 g/mol. The summed E-state index contributed by atoms with van der Waals surface area (Å²) in [5.41, 5.74) is 0. The Kier molecular flexibility index (Phi) is 13.5. The summed E-state index contributed by atoms with van der Waals surface area (Å²) in [5.74, 6) is -4.31. The summed E-state index contributed by atoms with van der Waals surface area (Å²) in [6.07, 6.45) is 1.16. The topological polar surface area (TPSA) is 168 Å². The lowest BCUT2D eigenvalue weighted by molar-refractivity contribution is -0.196. The molecule has 1 rings (SSSR count). The summed E-state index contributed by atoms with van der Waals surface area (Å²) < 4.78 is 0. The standard InChI is InChI=1S/C14H18N4O8S.C3H8/c1-8(19)27-7-11(22)16-5-9(20)15-4-10(21)17-6-14(25)26-18-12(23)2-3-13(18)24;1-3-2/h2-7H2,1H3,(H,15,20)(H,16,22)(H,17,21);3H2,1-2H3. The van der Waals surface area contributed by atoms with Crippen LogP contribution in [-0.4, -0.2) is 71.1 Å². The Morgan fingerprint density at radius 2 is 1.30 bits per heavy atom. The highest BCUT2D eigenvalue weighted by molar-refractivity contribution is 8.14. The second kappa shape index (κ2) is 15.0. The minimum absolute atomic E-state index is 0.0471. The van der Waals surface area contributed by atoms with Crippen LogP contribution in [0, 0.1) is 0 Å². The molecule has 1 heterocycles. The minimum atomic E-state index is -1.02. The molecule has 0 bridgehead atoms. The lowest BCUT2D eigenvalue weighted by atomic mass is 10.4. The Morgan fingerprint density at radius 1 is 0.867 bits per heavy atom. The third-order valence-corrected chi connectivity index (χ3v) is 3.74. The van der Waals surface area contributed by atoms with E-state index in [4.69, 9.17) is 0 Å². The molecule has 1 fully saturated rings. The van der Waals surface area contributed by atoms with Gasteiger partial charge >= 0.3 is 5.97 Å². The molecule has 1 aliphatic rings. The number of nitrogens with one attached hydrogen (secondary N) is 3. The maximum Gasteiger partial charge on any atom is 0.352 e. The number of hydrogen-bond donors (Lipinski definition) is 3. The van der Waals surface area contributed by atoms with Crippen LogP contribution in [0.15, 0.2) is 0 Å². The molecule has 168 valence electrons. The molecule has 5 amide bonds. The average molecular weight is 446 g/mol. The molecule has 13 heteroatoms. The van der Waals surface area contributed by atoms with E-state index < -0.39 is 48.6 Å². The molecular formula is C17H26N4O8S. The van der Waals surface area contributed by atoms with E-state index >= 15 is 0 Å². The molecule has 0 unspecified atom stereocenters. The highest BCUT2D eigenvalue weighted by atomic mass is 32.2. The van der Waals surface area contributed by atoms with Crippen molar-refractivity contribution in [1.29, 1.82) is 0 Å². The zero-order valence-electron chi connectivity index (χ0n) is 17.1. The van der Waals surface area contributed by atoms with Gasteiger partial charge in [-0.3, -0.25) is 28.8 Å². The summed E-state index contributed by atoms with van der Waals surface area (Å²) in [6, 6.07) is 0. The molecule has 12 nitrogen and oxygen atoms in total. The molecular weight excluding hydrogens is 420 g/mol. The van der Waals surface area contributed by atoms with Gasteiger partial charge in [-0.2, -0.15) is 0 Å². The van der Waals surface area contributed by atoms with Crippen LogP contribution in [0.25, 0.3) is 0 Å². The number of nitrogens with zero attached hydrogens (tertiary/aromatic N) is 1. The third-order valence-electron chi connectivity index (χ3n) is 2.93. The normalized spacial score (nSPS) is 12.4. The van der Waals surface area contributed by atoms with Gasteiger partial charge in [-0.1, -0.05) is 32.0 Å². The van der Waals surface area contributed by atoms with E-state index in [1.165, 1.54) is 13.3 Å². The summed E-state index contributed by atoms with van der Waals surface area (Å²) in [4.78, 5) is 83.5. The van der Waals surface area contributed by atoms with Gasteiger partial charge in [-0.05, 0) is 0 Å². The highest BCUT2D eigenvalue weighted by Crippen LogP contribution is 2.11. The van der Waals surface area contributed by atoms with Crippen molar-refractivity contribution >= 4 is 52.4 Å². The van der Waals surface area contributed by atoms with E-state index in [0.717, 1.165) is 11.8 Å². The quantitative estimate of drug-likeness (QED) is 0.362. The summed E-state index contributed by atoms with van der Waals surface area (Å²) >= 11 is 0.794. The van der Waals surface area contributed by atoms with Gasteiger partial charge in [0.15, 0.2) is 5.12 Å². The molecule has 0 aromatic carbocycles. The van der Waals surface area contributed by atoms with Crippen molar-refractivity contribution in [1.82, 2.24) is 21.0 Å². The van der Waals surface area contributed by atoms with Crippen LogP contribution in [0.4, 0.5) is 0 Å². The Hall–Kier alpha value is -2.96. The third kappa shape index (κ3) is 12.5. The molecule has 0 aromatic heterocycles. The Morgan fingerprint density at radius 3 is 1.77 bits per heavy atom. The van der Waals surface area contributed by atoms with Gasteiger partial charge in [0.25, 0.3) is 11.8 Å². The molecule has 0 aromatic rings. The number of imide groups is 1. The number of thioether (sulfide) groups is 1. The number of amides is 5. The van der Waals surface area contributed by atoms with E-state index in [1.807, 2.05) is 0 Å². The summed E-state index contributed by atoms with van der Waals surface area (Å²) in [7, 11) is 0. The molecule has 1 aliphatic heterocycles. The Balaban J connectivity index is 0.00000263. The Labute approximate surface area is 177 Å². The van der Waals surface area contributed by atoms with Crippen molar-refractivity contribution in [3.8, 4) is 0 Å². The first-order valence-electron chi connectivity index (χ1n) is 9.10. The predicted molar refractivity (Wildman–Crippen MR) is 105 cm³/mol. The fourth-order valence-corrected chi connectivity index (χ4v) is 2.10. The zero-order chi connectivity index (χ0) is 23.1. The van der Waals surface area contributed by atoms with E-state index in [9.17, 15) is 33.6 Å². The van der Waals surface area contributed by atoms with Crippen molar-refractivity contribution in [2.45, 2.75) is 40.0 Å². The van der Waals surface area contributed by atoms with Crippen LogP contribution in [0.2, 0.25) is 0 Å². The largest absolute Gasteiger partial charge is 0.352 e. The Bertz CT molecular complexity index is 667. The van der Waals surface area contributed by atoms with E-state index in [-0.39, 0.29) is 30.3 Å². The molecule has 30 heavy (non-hydrogen) atoms. The van der Waals surface area contributed by atoms with Crippen LogP contribution in [0.5, 0.6) is 0 Å². The lowest BCUT2D eigenvalue weighted by Crippen LogP contribution is -2.44. The van der Waals surface area contributed by atoms with Gasteiger partial charge in [0.2, 0.25) is 17.7 Å². The van der Waals surface area contributed by atoms with E-state index in [0.29, 0.717) is 5.06 Å². The molecule has 0 radical (unpaired) electrons. The maximum absolute atomic E-state index is 11.5. The van der Waals surface area contributed by atoms with Crippen LogP contribution in [-0.2, 0) is 38.4 Å². The van der Waals surface area contributed by atoms with Gasteiger partial charge in [0.05, 0.1) is 18.8 Å². The zero-order valence-corrected chi connectivity index (χ0v) is 17.9. The van der Waals surface area contributed by atoms with Crippen molar-refractivity contribution in [3.63, 3.8) is 0 Å². The predicted octanol–water partition coefficient (Wildman–Crippen LogP) is -1.36. The fraction of sp³-hybridized carbons (Fsp3) is 0.588. The second-order valence-electron chi connectivity index (χ2n) is 5.86. The lowest BCUT2D eigenvalue weighted by Gasteiger charge is -2.13. The smallest absolute Gasteiger partial charge is 0.346 e. The van der Waals surface area contributed by atoms with Gasteiger partial charge in [0.1, 0.15) is 6.54 Å². The van der Waals surface area contributed by atoms with E-state index in [2.05, 4.69) is 34.6 Å². The molecule has 0 atom stereocenters. The molecule has 0 aliphatic carbocycles. The van der Waals surface area contributed by atoms with Gasteiger partial charge in [-0.15, -0.1) is 5.06 Å². The maximum atomic E-state index is 11.5. The molecule has 1 saturated heterocycles. The first-order valence-corrected chi connectivity index (χ1v) is 10.1. The SMILES string of the molecule is CC(=O)SCC(=O)NCC(=O)NCC(=O)NCC(=O)ON1C(=O)CCC1=O.CCC. The van der Waals surface area contributed by atoms with Crippen molar-refractivity contribution in [2.75, 3.05) is 25.4 Å². The van der Waals surface area contributed by atoms with Crippen LogP contribution < -0.4 is 16.0 Å². The first kappa shape index (κ1) is 27.0. The average Bonchev–Trinajstić information content (AvgIpc) is 3.00. The van der Waals surface area contributed by atoms with Crippen molar-refractivity contribution in [2.24, 2.45) is 0 Å². The van der Waals surface area contributed by atoms with Crippen molar-refractivity contribution in [3.05, 3.63) is 0 Å². The van der Waals surface area contributed by atoms with Crippen LogP contribution in [0.1, 0.15) is 40.0 Å². The molecule has 0 spiro atoms. The number of rotatable bonds is 9. The summed E-state index contributed by atoms with van der Waals surface area (Å²) in [6.45, 7) is 4.10. The first-order chi connectivity index (χ1) is 14.1. The van der Waals surface area contributed by atoms with Gasteiger partial charge < -0.3 is 20.8 Å². The number of carbonyl (C=O) groups excluding carboxylic acids is 7.